The first-order valence-corrected chi connectivity index (χ1v) is 7.70. The second-order valence-electron chi connectivity index (χ2n) is 6.72. The van der Waals surface area contributed by atoms with Crippen LogP contribution in [0, 0.1) is 5.92 Å². The molecule has 120 valence electrons. The fourth-order valence-corrected chi connectivity index (χ4v) is 3.02. The molecule has 0 saturated carbocycles. The molecule has 2 fully saturated rings. The minimum absolute atomic E-state index is 0.0171. The number of amides is 2. The maximum atomic E-state index is 12.0. The molecule has 1 N–H and O–H groups in total. The maximum absolute atomic E-state index is 12.0. The van der Waals surface area contributed by atoms with Gasteiger partial charge in [0.1, 0.15) is 11.6 Å². The second-order valence-corrected chi connectivity index (χ2v) is 6.72. The van der Waals surface area contributed by atoms with E-state index in [1.54, 1.807) is 7.05 Å². The smallest absolute Gasteiger partial charge is 0.239 e. The molecule has 0 aromatic rings. The van der Waals surface area contributed by atoms with Gasteiger partial charge in [0.25, 0.3) is 0 Å². The van der Waals surface area contributed by atoms with E-state index in [1.165, 1.54) is 0 Å². The number of nitrogens with zero attached hydrogens (tertiary/aromatic N) is 2. The van der Waals surface area contributed by atoms with Crippen LogP contribution in [-0.2, 0) is 14.3 Å². The fraction of sp³-hybridized carbons (Fsp3) is 0.867. The largest absolute Gasteiger partial charge is 0.368 e. The summed E-state index contributed by atoms with van der Waals surface area (Å²) in [5, 5.41) is 2.66. The highest BCUT2D eigenvalue weighted by Gasteiger charge is 2.50. The highest BCUT2D eigenvalue weighted by atomic mass is 16.5. The van der Waals surface area contributed by atoms with Crippen LogP contribution in [-0.4, -0.2) is 73.6 Å². The number of hydrogen-bond donors (Lipinski definition) is 1. The number of carbonyl (C=O) groups excluding carboxylic acids is 2. The predicted molar refractivity (Wildman–Crippen MR) is 79.8 cm³/mol. The molecular formula is C15H27N3O3. The van der Waals surface area contributed by atoms with Gasteiger partial charge in [0, 0.05) is 20.0 Å². The predicted octanol–water partition coefficient (Wildman–Crippen LogP) is 0.0802. The Morgan fingerprint density at radius 1 is 1.33 bits per heavy atom. The van der Waals surface area contributed by atoms with E-state index in [2.05, 4.69) is 19.2 Å². The van der Waals surface area contributed by atoms with Crippen molar-refractivity contribution in [3.63, 3.8) is 0 Å². The minimum Gasteiger partial charge on any atom is -0.368 e. The van der Waals surface area contributed by atoms with Gasteiger partial charge in [-0.05, 0) is 19.4 Å². The molecule has 2 heterocycles. The molecule has 1 spiro atoms. The number of ether oxygens (including phenoxy) is 1. The van der Waals surface area contributed by atoms with Crippen molar-refractivity contribution in [1.82, 2.24) is 15.1 Å². The number of hydrogen-bond acceptors (Lipinski definition) is 4. The summed E-state index contributed by atoms with van der Waals surface area (Å²) in [5.74, 6) is 0.750. The molecular weight excluding hydrogens is 270 g/mol. The van der Waals surface area contributed by atoms with Crippen molar-refractivity contribution in [2.75, 3.05) is 40.3 Å². The Labute approximate surface area is 126 Å². The van der Waals surface area contributed by atoms with Crippen LogP contribution < -0.4 is 5.32 Å². The first-order chi connectivity index (χ1) is 9.87. The summed E-state index contributed by atoms with van der Waals surface area (Å²) in [6.07, 6.45) is 1.55. The molecule has 1 atom stereocenters. The summed E-state index contributed by atoms with van der Waals surface area (Å²) in [6.45, 7) is 6.64. The van der Waals surface area contributed by atoms with Gasteiger partial charge in [-0.2, -0.15) is 0 Å². The monoisotopic (exact) mass is 297 g/mol. The summed E-state index contributed by atoms with van der Waals surface area (Å²) >= 11 is 0. The lowest BCUT2D eigenvalue weighted by molar-refractivity contribution is -0.201. The zero-order valence-corrected chi connectivity index (χ0v) is 13.5. The van der Waals surface area contributed by atoms with E-state index in [0.29, 0.717) is 38.6 Å². The van der Waals surface area contributed by atoms with E-state index in [9.17, 15) is 9.59 Å². The van der Waals surface area contributed by atoms with E-state index in [1.807, 2.05) is 16.8 Å². The highest BCUT2D eigenvalue weighted by Crippen LogP contribution is 2.31. The van der Waals surface area contributed by atoms with Gasteiger partial charge in [-0.15, -0.1) is 0 Å². The van der Waals surface area contributed by atoms with Gasteiger partial charge in [0.05, 0.1) is 19.7 Å². The molecule has 6 nitrogen and oxygen atoms in total. The molecule has 0 aliphatic carbocycles. The summed E-state index contributed by atoms with van der Waals surface area (Å²) in [5.41, 5.74) is -0.271. The standard InChI is InChI=1S/C15H27N3O3/c1-11(2)5-6-13(19)18-9-15(10-18)8-17(4)12(7-21-15)14(20)16-3/h11-12H,5-10H2,1-4H3,(H,16,20). The zero-order valence-electron chi connectivity index (χ0n) is 13.5. The van der Waals surface area contributed by atoms with Gasteiger partial charge in [-0.3, -0.25) is 14.5 Å². The molecule has 21 heavy (non-hydrogen) atoms. The molecule has 2 saturated heterocycles. The number of carbonyl (C=O) groups is 2. The average Bonchev–Trinajstić information content (AvgIpc) is 2.41. The lowest BCUT2D eigenvalue weighted by atomic mass is 9.90. The van der Waals surface area contributed by atoms with Crippen molar-refractivity contribution in [3.8, 4) is 0 Å². The Bertz CT molecular complexity index is 405. The van der Waals surface area contributed by atoms with Crippen LogP contribution in [0.2, 0.25) is 0 Å². The van der Waals surface area contributed by atoms with Gasteiger partial charge in [0.15, 0.2) is 0 Å². The van der Waals surface area contributed by atoms with Crippen LogP contribution in [0.4, 0.5) is 0 Å². The van der Waals surface area contributed by atoms with Crippen LogP contribution in [0.1, 0.15) is 26.7 Å². The first-order valence-electron chi connectivity index (χ1n) is 7.70. The quantitative estimate of drug-likeness (QED) is 0.798. The molecule has 2 aliphatic rings. The topological polar surface area (TPSA) is 61.9 Å². The number of likely N-dealkylation sites (tertiary alicyclic amines) is 1. The average molecular weight is 297 g/mol. The molecule has 0 bridgehead atoms. The summed E-state index contributed by atoms with van der Waals surface area (Å²) in [6, 6.07) is -0.230. The van der Waals surface area contributed by atoms with Gasteiger partial charge >= 0.3 is 0 Å². The van der Waals surface area contributed by atoms with Crippen LogP contribution in [0.25, 0.3) is 0 Å². The van der Waals surface area contributed by atoms with Crippen molar-refractivity contribution in [2.45, 2.75) is 38.3 Å². The number of nitrogens with one attached hydrogen (secondary N) is 1. The number of morpholine rings is 1. The van der Waals surface area contributed by atoms with Gasteiger partial charge in [-0.1, -0.05) is 13.8 Å². The molecule has 1 unspecified atom stereocenters. The summed E-state index contributed by atoms with van der Waals surface area (Å²) in [4.78, 5) is 27.7. The molecule has 0 aromatic carbocycles. The Kier molecular flexibility index (Phi) is 4.88. The summed E-state index contributed by atoms with van der Waals surface area (Å²) < 4.78 is 5.92. The minimum atomic E-state index is -0.271. The number of rotatable bonds is 4. The Morgan fingerprint density at radius 3 is 2.52 bits per heavy atom. The van der Waals surface area contributed by atoms with Crippen LogP contribution in [0.3, 0.4) is 0 Å². The summed E-state index contributed by atoms with van der Waals surface area (Å²) in [7, 11) is 3.58. The number of likely N-dealkylation sites (N-methyl/N-ethyl adjacent to an activating group) is 2. The van der Waals surface area contributed by atoms with Crippen LogP contribution >= 0.6 is 0 Å². The Morgan fingerprint density at radius 2 is 2.00 bits per heavy atom. The van der Waals surface area contributed by atoms with E-state index >= 15 is 0 Å². The third-order valence-corrected chi connectivity index (χ3v) is 4.41. The van der Waals surface area contributed by atoms with Gasteiger partial charge < -0.3 is 15.0 Å². The Balaban J connectivity index is 1.81. The Hall–Kier alpha value is -1.14. The lowest BCUT2D eigenvalue weighted by Gasteiger charge is -2.54. The third kappa shape index (κ3) is 3.55. The van der Waals surface area contributed by atoms with Crippen molar-refractivity contribution in [2.24, 2.45) is 5.92 Å². The SMILES string of the molecule is CNC(=O)C1COC2(CN(C(=O)CCC(C)C)C2)CN1C. The first kappa shape index (κ1) is 16.2. The third-order valence-electron chi connectivity index (χ3n) is 4.41. The maximum Gasteiger partial charge on any atom is 0.239 e. The highest BCUT2D eigenvalue weighted by molar-refractivity contribution is 5.81. The van der Waals surface area contributed by atoms with E-state index in [-0.39, 0.29) is 23.5 Å². The molecule has 0 aromatic heterocycles. The van der Waals surface area contributed by atoms with Gasteiger partial charge in [0.2, 0.25) is 11.8 Å². The van der Waals surface area contributed by atoms with Crippen LogP contribution in [0.5, 0.6) is 0 Å². The zero-order chi connectivity index (χ0) is 15.6. The van der Waals surface area contributed by atoms with Gasteiger partial charge in [-0.25, -0.2) is 0 Å². The second kappa shape index (κ2) is 6.32. The van der Waals surface area contributed by atoms with Crippen molar-refractivity contribution in [3.05, 3.63) is 0 Å². The lowest BCUT2D eigenvalue weighted by Crippen LogP contribution is -2.73. The van der Waals surface area contributed by atoms with E-state index in [4.69, 9.17) is 4.74 Å². The molecule has 0 radical (unpaired) electrons. The normalized spacial score (nSPS) is 25.0. The molecule has 2 rings (SSSR count). The van der Waals surface area contributed by atoms with Crippen molar-refractivity contribution >= 4 is 11.8 Å². The van der Waals surface area contributed by atoms with Crippen molar-refractivity contribution in [1.29, 1.82) is 0 Å². The van der Waals surface area contributed by atoms with E-state index in [0.717, 1.165) is 6.42 Å². The molecule has 6 heteroatoms. The molecule has 2 aliphatic heterocycles. The van der Waals surface area contributed by atoms with Crippen molar-refractivity contribution < 1.29 is 14.3 Å². The van der Waals surface area contributed by atoms with E-state index < -0.39 is 0 Å². The molecule has 2 amide bonds. The fourth-order valence-electron chi connectivity index (χ4n) is 3.02. The van der Waals surface area contributed by atoms with Crippen LogP contribution in [0.15, 0.2) is 0 Å².